The number of carbonyl (C=O) groups is 2. The molecule has 2 heterocycles. The standard InChI is InChI=1S/C52H83N3O12/c1-4-7-8-9-10-11-12-13-14-20-33-63-51(60)55(27-34-61-35-30-58)46-38-44(54-67-47-24-17-21-32-62-47)42-36-39(22-15-18-28-56)41(23-16-19-29-57)48-43-37-40(65-50(59)53-6-3)25-26-45(43)66-52(46,49(42)48)64-31-5-2/h5,25-26,36-37,39,41,46-49,56-58H,2,4,6-24,27-35,38H2,1,3H3,(H,53,59)/t39-,41+,46-,47?,48+,49+,52+/m0/s1. The fourth-order valence-corrected chi connectivity index (χ4v) is 10.5. The van der Waals surface area contributed by atoms with E-state index < -0.39 is 36.2 Å². The van der Waals surface area contributed by atoms with E-state index in [2.05, 4.69) is 24.9 Å². The number of rotatable bonds is 32. The zero-order chi connectivity index (χ0) is 47.7. The number of nitrogens with zero attached hydrogens (tertiary/aromatic N) is 2. The van der Waals surface area contributed by atoms with E-state index in [0.29, 0.717) is 49.6 Å². The van der Waals surface area contributed by atoms with E-state index in [-0.39, 0.29) is 77.0 Å². The van der Waals surface area contributed by atoms with Crippen LogP contribution in [0.5, 0.6) is 11.5 Å². The molecular weight excluding hydrogens is 859 g/mol. The van der Waals surface area contributed by atoms with Gasteiger partial charge < -0.3 is 53.9 Å². The van der Waals surface area contributed by atoms with Gasteiger partial charge in [-0.15, -0.1) is 6.58 Å². The fraction of sp³-hybridized carbons (Fsp3) is 0.750. The molecule has 1 saturated carbocycles. The lowest BCUT2D eigenvalue weighted by Crippen LogP contribution is -2.70. The highest BCUT2D eigenvalue weighted by atomic mass is 16.8. The SMILES string of the molecule is C=CCO[C@@]12Oc3ccc(OC(=O)NCC)cc3[C@H]3[C@H](CCCCO)[C@@H](CCCCO)C=C(C(=NOC4CCCCO4)C[C@@H]1N(CCOCCO)C(=O)OCCCCCCCCCCCC)[C@H]32. The van der Waals surface area contributed by atoms with E-state index in [1.54, 1.807) is 17.0 Å². The Labute approximate surface area is 399 Å². The molecule has 67 heavy (non-hydrogen) atoms. The minimum Gasteiger partial charge on any atom is -0.459 e. The quantitative estimate of drug-likeness (QED) is 0.0305. The van der Waals surface area contributed by atoms with Crippen molar-refractivity contribution in [2.45, 2.75) is 166 Å². The van der Waals surface area contributed by atoms with E-state index in [4.69, 9.17) is 38.4 Å². The molecule has 2 aliphatic heterocycles. The summed E-state index contributed by atoms with van der Waals surface area (Å²) in [5, 5.41) is 37.2. The average molecular weight is 942 g/mol. The molecule has 15 nitrogen and oxygen atoms in total. The summed E-state index contributed by atoms with van der Waals surface area (Å²) in [6.07, 6.45) is 21.0. The second-order valence-electron chi connectivity index (χ2n) is 18.4. The summed E-state index contributed by atoms with van der Waals surface area (Å²) < 4.78 is 38.2. The average Bonchev–Trinajstić information content (AvgIpc) is 3.33. The number of hydrogen-bond acceptors (Lipinski definition) is 13. The number of fused-ring (bicyclic) bond motifs is 2. The predicted octanol–water partition coefficient (Wildman–Crippen LogP) is 9.32. The maximum Gasteiger partial charge on any atom is 0.412 e. The first-order valence-electron chi connectivity index (χ1n) is 25.8. The van der Waals surface area contributed by atoms with Gasteiger partial charge in [0, 0.05) is 50.6 Å². The van der Waals surface area contributed by atoms with Gasteiger partial charge in [0.25, 0.3) is 0 Å². The van der Waals surface area contributed by atoms with Gasteiger partial charge in [-0.2, -0.15) is 0 Å². The van der Waals surface area contributed by atoms with Crippen molar-refractivity contribution < 1.29 is 58.2 Å². The van der Waals surface area contributed by atoms with Crippen LogP contribution in [0.1, 0.15) is 154 Å². The van der Waals surface area contributed by atoms with Crippen LogP contribution in [0, 0.1) is 17.8 Å². The van der Waals surface area contributed by atoms with Crippen LogP contribution in [0.15, 0.2) is 47.7 Å². The molecule has 0 spiro atoms. The van der Waals surface area contributed by atoms with Crippen LogP contribution in [-0.2, 0) is 23.8 Å². The van der Waals surface area contributed by atoms with Crippen LogP contribution >= 0.6 is 0 Å². The van der Waals surface area contributed by atoms with Crippen LogP contribution in [0.3, 0.4) is 0 Å². The third kappa shape index (κ3) is 15.6. The molecule has 5 rings (SSSR count). The van der Waals surface area contributed by atoms with Crippen molar-refractivity contribution in [2.75, 3.05) is 65.9 Å². The summed E-state index contributed by atoms with van der Waals surface area (Å²) in [7, 11) is 0. The largest absolute Gasteiger partial charge is 0.459 e. The number of hydrogen-bond donors (Lipinski definition) is 4. The summed E-state index contributed by atoms with van der Waals surface area (Å²) in [5.74, 6) is -1.54. The molecule has 0 aromatic heterocycles. The Hall–Kier alpha value is -3.73. The molecular formula is C52H83N3O12. The Bertz CT molecular complexity index is 1690. The molecule has 1 aromatic carbocycles. The first-order valence-corrected chi connectivity index (χ1v) is 25.8. The van der Waals surface area contributed by atoms with E-state index in [9.17, 15) is 24.9 Å². The predicted molar refractivity (Wildman–Crippen MR) is 257 cm³/mol. The zero-order valence-corrected chi connectivity index (χ0v) is 40.7. The summed E-state index contributed by atoms with van der Waals surface area (Å²) in [4.78, 5) is 35.5. The molecule has 2 amide bonds. The Balaban J connectivity index is 1.61. The van der Waals surface area contributed by atoms with E-state index in [1.807, 2.05) is 19.1 Å². The first-order chi connectivity index (χ1) is 32.8. The molecule has 0 bridgehead atoms. The molecule has 4 aliphatic rings. The fourth-order valence-electron chi connectivity index (χ4n) is 10.5. The number of oxime groups is 1. The van der Waals surface area contributed by atoms with E-state index >= 15 is 0 Å². The van der Waals surface area contributed by atoms with Gasteiger partial charge in [0.15, 0.2) is 0 Å². The molecule has 4 N–H and O–H groups in total. The molecule has 378 valence electrons. The lowest BCUT2D eigenvalue weighted by molar-refractivity contribution is -0.256. The minimum atomic E-state index is -1.52. The maximum atomic E-state index is 14.8. The Morgan fingerprint density at radius 3 is 2.34 bits per heavy atom. The summed E-state index contributed by atoms with van der Waals surface area (Å²) in [6, 6.07) is 4.57. The molecule has 7 atom stereocenters. The van der Waals surface area contributed by atoms with Crippen molar-refractivity contribution in [3.05, 3.63) is 48.1 Å². The van der Waals surface area contributed by atoms with Crippen molar-refractivity contribution in [1.82, 2.24) is 10.2 Å². The van der Waals surface area contributed by atoms with Gasteiger partial charge in [-0.1, -0.05) is 94.9 Å². The van der Waals surface area contributed by atoms with Crippen molar-refractivity contribution >= 4 is 17.9 Å². The van der Waals surface area contributed by atoms with Crippen LogP contribution in [0.25, 0.3) is 0 Å². The molecule has 2 aliphatic carbocycles. The molecule has 1 unspecified atom stereocenters. The van der Waals surface area contributed by atoms with Crippen LogP contribution in [0.4, 0.5) is 9.59 Å². The van der Waals surface area contributed by atoms with E-state index in [1.165, 1.54) is 38.5 Å². The van der Waals surface area contributed by atoms with Gasteiger partial charge >= 0.3 is 12.2 Å². The lowest BCUT2D eigenvalue weighted by atomic mass is 9.55. The monoisotopic (exact) mass is 942 g/mol. The third-order valence-corrected chi connectivity index (χ3v) is 13.6. The van der Waals surface area contributed by atoms with Crippen LogP contribution in [-0.4, -0.2) is 122 Å². The van der Waals surface area contributed by atoms with Crippen molar-refractivity contribution in [2.24, 2.45) is 22.9 Å². The molecule has 15 heteroatoms. The summed E-state index contributed by atoms with van der Waals surface area (Å²) >= 11 is 0. The lowest BCUT2D eigenvalue weighted by Gasteiger charge is -2.59. The first kappa shape index (κ1) is 54.2. The highest BCUT2D eigenvalue weighted by Crippen LogP contribution is 2.62. The van der Waals surface area contributed by atoms with Crippen molar-refractivity contribution in [1.29, 1.82) is 0 Å². The van der Waals surface area contributed by atoms with Gasteiger partial charge in [0.2, 0.25) is 12.1 Å². The van der Waals surface area contributed by atoms with Crippen molar-refractivity contribution in [3.63, 3.8) is 0 Å². The number of aliphatic hydroxyl groups excluding tert-OH is 3. The number of carbonyl (C=O) groups excluding carboxylic acids is 2. The van der Waals surface area contributed by atoms with Gasteiger partial charge in [-0.3, -0.25) is 4.90 Å². The van der Waals surface area contributed by atoms with E-state index in [0.717, 1.165) is 75.3 Å². The third-order valence-electron chi connectivity index (χ3n) is 13.6. The second-order valence-corrected chi connectivity index (χ2v) is 18.4. The number of aliphatic hydroxyl groups is 3. The maximum absolute atomic E-state index is 14.8. The number of unbranched alkanes of at least 4 members (excludes halogenated alkanes) is 11. The zero-order valence-electron chi connectivity index (χ0n) is 40.7. The van der Waals surface area contributed by atoms with Crippen LogP contribution in [0.2, 0.25) is 0 Å². The van der Waals surface area contributed by atoms with Crippen molar-refractivity contribution in [3.8, 4) is 11.5 Å². The molecule has 1 aromatic rings. The Morgan fingerprint density at radius 1 is 0.910 bits per heavy atom. The second kappa shape index (κ2) is 30.0. The number of benzene rings is 1. The Kier molecular flexibility index (Phi) is 24.3. The van der Waals surface area contributed by atoms with Gasteiger partial charge in [-0.05, 0) is 87.5 Å². The Morgan fingerprint density at radius 2 is 1.66 bits per heavy atom. The number of amides is 2. The summed E-state index contributed by atoms with van der Waals surface area (Å²) in [6.45, 7) is 9.70. The number of allylic oxidation sites excluding steroid dienone is 1. The highest BCUT2D eigenvalue weighted by Gasteiger charge is 2.65. The number of nitrogens with one attached hydrogen (secondary N) is 1. The van der Waals surface area contributed by atoms with Crippen LogP contribution < -0.4 is 14.8 Å². The smallest absolute Gasteiger partial charge is 0.412 e. The van der Waals surface area contributed by atoms with Gasteiger partial charge in [0.05, 0.1) is 51.3 Å². The minimum absolute atomic E-state index is 0.0131. The van der Waals surface area contributed by atoms with Gasteiger partial charge in [-0.25, -0.2) is 9.59 Å². The molecule has 2 fully saturated rings. The normalized spacial score (nSPS) is 24.7. The molecule has 1 saturated heterocycles. The molecule has 0 radical (unpaired) electrons. The van der Waals surface area contributed by atoms with Gasteiger partial charge in [0.1, 0.15) is 17.5 Å². The summed E-state index contributed by atoms with van der Waals surface area (Å²) in [5.41, 5.74) is 2.34. The number of ether oxygens (including phenoxy) is 6. The highest BCUT2D eigenvalue weighted by molar-refractivity contribution is 6.03. The topological polar surface area (TPSA) is 187 Å².